The maximum Gasteiger partial charge on any atom is 0.302 e. The average Bonchev–Trinajstić information content (AvgIpc) is 2.34. The van der Waals surface area contributed by atoms with Crippen molar-refractivity contribution in [1.29, 1.82) is 0 Å². The number of rotatable bonds is 11. The molecule has 0 saturated carbocycles. The lowest BCUT2D eigenvalue weighted by Crippen LogP contribution is -2.16. The lowest BCUT2D eigenvalue weighted by atomic mass is 10.0. The van der Waals surface area contributed by atoms with Gasteiger partial charge in [0.15, 0.2) is 0 Å². The standard InChI is InChI=1S/C16H28O2/c1-4-6-8-9-10-11-12-14-16(13-7-5-2)18-15(3)17/h4,6,8,16H,1,5,7,9-14H2,2-3H3/b8-6+. The third-order valence-electron chi connectivity index (χ3n) is 2.88. The van der Waals surface area contributed by atoms with E-state index in [1.54, 1.807) is 0 Å². The maximum atomic E-state index is 11.0. The molecule has 0 radical (unpaired) electrons. The second-order valence-corrected chi connectivity index (χ2v) is 4.68. The number of esters is 1. The quantitative estimate of drug-likeness (QED) is 0.300. The van der Waals surface area contributed by atoms with Crippen molar-refractivity contribution < 1.29 is 9.53 Å². The summed E-state index contributed by atoms with van der Waals surface area (Å²) in [5.41, 5.74) is 0. The molecule has 0 bridgehead atoms. The molecule has 0 rings (SSSR count). The van der Waals surface area contributed by atoms with Crippen LogP contribution in [0.3, 0.4) is 0 Å². The van der Waals surface area contributed by atoms with Gasteiger partial charge < -0.3 is 4.74 Å². The topological polar surface area (TPSA) is 26.3 Å². The van der Waals surface area contributed by atoms with Crippen molar-refractivity contribution in [2.75, 3.05) is 0 Å². The van der Waals surface area contributed by atoms with E-state index >= 15 is 0 Å². The SMILES string of the molecule is C=C/C=C/CCCCCC(CCCC)OC(C)=O. The Kier molecular flexibility index (Phi) is 11.7. The summed E-state index contributed by atoms with van der Waals surface area (Å²) in [6, 6.07) is 0. The van der Waals surface area contributed by atoms with E-state index in [9.17, 15) is 4.79 Å². The molecule has 0 aliphatic carbocycles. The van der Waals surface area contributed by atoms with Crippen LogP contribution in [-0.2, 0) is 9.53 Å². The minimum absolute atomic E-state index is 0.131. The van der Waals surface area contributed by atoms with Gasteiger partial charge in [0.05, 0.1) is 0 Å². The van der Waals surface area contributed by atoms with Crippen molar-refractivity contribution in [1.82, 2.24) is 0 Å². The summed E-state index contributed by atoms with van der Waals surface area (Å²) in [6.45, 7) is 7.30. The Hall–Kier alpha value is -1.05. The second-order valence-electron chi connectivity index (χ2n) is 4.68. The molecule has 0 aromatic heterocycles. The summed E-state index contributed by atoms with van der Waals surface area (Å²) >= 11 is 0. The fraction of sp³-hybridized carbons (Fsp3) is 0.688. The predicted molar refractivity (Wildman–Crippen MR) is 77.5 cm³/mol. The van der Waals surface area contributed by atoms with Crippen LogP contribution in [0.4, 0.5) is 0 Å². The molecule has 0 spiro atoms. The van der Waals surface area contributed by atoms with Crippen LogP contribution in [0.2, 0.25) is 0 Å². The van der Waals surface area contributed by atoms with Crippen LogP contribution in [0.25, 0.3) is 0 Å². The number of carbonyl (C=O) groups is 1. The van der Waals surface area contributed by atoms with E-state index in [4.69, 9.17) is 4.74 Å². The number of allylic oxidation sites excluding steroid dienone is 3. The van der Waals surface area contributed by atoms with Gasteiger partial charge in [-0.2, -0.15) is 0 Å². The number of hydrogen-bond acceptors (Lipinski definition) is 2. The van der Waals surface area contributed by atoms with Crippen LogP contribution < -0.4 is 0 Å². The highest BCUT2D eigenvalue weighted by atomic mass is 16.5. The zero-order valence-corrected chi connectivity index (χ0v) is 12.0. The first kappa shape index (κ1) is 16.9. The fourth-order valence-corrected chi connectivity index (χ4v) is 1.93. The first-order valence-electron chi connectivity index (χ1n) is 7.15. The molecule has 1 atom stereocenters. The molecule has 0 saturated heterocycles. The molecule has 0 aliphatic heterocycles. The third kappa shape index (κ3) is 11.4. The molecule has 104 valence electrons. The van der Waals surface area contributed by atoms with Gasteiger partial charge in [0.1, 0.15) is 6.10 Å². The van der Waals surface area contributed by atoms with Crippen molar-refractivity contribution in [3.8, 4) is 0 Å². The molecule has 18 heavy (non-hydrogen) atoms. The summed E-state index contributed by atoms with van der Waals surface area (Å²) in [4.78, 5) is 11.0. The van der Waals surface area contributed by atoms with Crippen LogP contribution in [-0.4, -0.2) is 12.1 Å². The minimum atomic E-state index is -0.148. The van der Waals surface area contributed by atoms with E-state index in [1.807, 2.05) is 12.2 Å². The molecule has 0 aromatic carbocycles. The normalized spacial score (nSPS) is 12.6. The lowest BCUT2D eigenvalue weighted by Gasteiger charge is -2.16. The Balaban J connectivity index is 3.64. The van der Waals surface area contributed by atoms with Gasteiger partial charge in [-0.3, -0.25) is 4.79 Å². The van der Waals surface area contributed by atoms with Gasteiger partial charge in [0.25, 0.3) is 0 Å². The van der Waals surface area contributed by atoms with Crippen molar-refractivity contribution in [2.45, 2.75) is 71.3 Å². The van der Waals surface area contributed by atoms with Gasteiger partial charge in [0.2, 0.25) is 0 Å². The van der Waals surface area contributed by atoms with Crippen molar-refractivity contribution in [3.05, 3.63) is 24.8 Å². The molecule has 0 fully saturated rings. The molecule has 2 nitrogen and oxygen atoms in total. The van der Waals surface area contributed by atoms with Gasteiger partial charge in [-0.1, -0.05) is 51.0 Å². The Morgan fingerprint density at radius 2 is 1.94 bits per heavy atom. The van der Waals surface area contributed by atoms with E-state index in [2.05, 4.69) is 19.6 Å². The number of ether oxygens (including phenoxy) is 1. The molecule has 0 heterocycles. The zero-order valence-electron chi connectivity index (χ0n) is 12.0. The van der Waals surface area contributed by atoms with Gasteiger partial charge in [-0.25, -0.2) is 0 Å². The first-order valence-corrected chi connectivity index (χ1v) is 7.15. The Morgan fingerprint density at radius 1 is 1.22 bits per heavy atom. The highest BCUT2D eigenvalue weighted by Crippen LogP contribution is 2.14. The van der Waals surface area contributed by atoms with Gasteiger partial charge in [-0.15, -0.1) is 0 Å². The summed E-state index contributed by atoms with van der Waals surface area (Å²) in [6.07, 6.45) is 15.0. The summed E-state index contributed by atoms with van der Waals surface area (Å²) in [5.74, 6) is -0.148. The van der Waals surface area contributed by atoms with Gasteiger partial charge in [-0.05, 0) is 32.1 Å². The first-order chi connectivity index (χ1) is 8.70. The van der Waals surface area contributed by atoms with Crippen LogP contribution in [0.5, 0.6) is 0 Å². The van der Waals surface area contributed by atoms with Crippen LogP contribution in [0, 0.1) is 0 Å². The maximum absolute atomic E-state index is 11.0. The van der Waals surface area contributed by atoms with Crippen molar-refractivity contribution >= 4 is 5.97 Å². The molecule has 2 heteroatoms. The minimum Gasteiger partial charge on any atom is -0.463 e. The summed E-state index contributed by atoms with van der Waals surface area (Å²) in [7, 11) is 0. The Labute approximate surface area is 112 Å². The van der Waals surface area contributed by atoms with E-state index in [1.165, 1.54) is 19.8 Å². The third-order valence-corrected chi connectivity index (χ3v) is 2.88. The number of unbranched alkanes of at least 4 members (excludes halogenated alkanes) is 4. The molecular formula is C16H28O2. The Morgan fingerprint density at radius 3 is 2.56 bits per heavy atom. The largest absolute Gasteiger partial charge is 0.463 e. The fourth-order valence-electron chi connectivity index (χ4n) is 1.93. The van der Waals surface area contributed by atoms with E-state index in [-0.39, 0.29) is 12.1 Å². The Bertz CT molecular complexity index is 243. The van der Waals surface area contributed by atoms with Crippen LogP contribution in [0.15, 0.2) is 24.8 Å². The molecule has 0 amide bonds. The molecular weight excluding hydrogens is 224 g/mol. The average molecular weight is 252 g/mol. The molecule has 0 aliphatic rings. The van der Waals surface area contributed by atoms with E-state index in [0.29, 0.717) is 0 Å². The van der Waals surface area contributed by atoms with Crippen LogP contribution >= 0.6 is 0 Å². The second kappa shape index (κ2) is 12.4. The number of carbonyl (C=O) groups excluding carboxylic acids is 1. The zero-order chi connectivity index (χ0) is 13.6. The monoisotopic (exact) mass is 252 g/mol. The molecule has 0 N–H and O–H groups in total. The van der Waals surface area contributed by atoms with Crippen molar-refractivity contribution in [2.24, 2.45) is 0 Å². The van der Waals surface area contributed by atoms with E-state index in [0.717, 1.165) is 38.5 Å². The van der Waals surface area contributed by atoms with Gasteiger partial charge >= 0.3 is 5.97 Å². The van der Waals surface area contributed by atoms with E-state index < -0.39 is 0 Å². The highest BCUT2D eigenvalue weighted by molar-refractivity contribution is 5.66. The van der Waals surface area contributed by atoms with Crippen LogP contribution in [0.1, 0.15) is 65.2 Å². The molecule has 0 aromatic rings. The molecule has 1 unspecified atom stereocenters. The summed E-state index contributed by atoms with van der Waals surface area (Å²) in [5, 5.41) is 0. The highest BCUT2D eigenvalue weighted by Gasteiger charge is 2.10. The van der Waals surface area contributed by atoms with Gasteiger partial charge in [0, 0.05) is 6.92 Å². The predicted octanol–water partition coefficient (Wildman–Crippen LogP) is 4.80. The number of hydrogen-bond donors (Lipinski definition) is 0. The van der Waals surface area contributed by atoms with Crippen molar-refractivity contribution in [3.63, 3.8) is 0 Å². The summed E-state index contributed by atoms with van der Waals surface area (Å²) < 4.78 is 5.33. The lowest BCUT2D eigenvalue weighted by molar-refractivity contribution is -0.147. The smallest absolute Gasteiger partial charge is 0.302 e.